The van der Waals surface area contributed by atoms with Crippen LogP contribution in [0.2, 0.25) is 0 Å². The maximum absolute atomic E-state index is 2.41. The molecule has 57 heavy (non-hydrogen) atoms. The first kappa shape index (κ1) is 32.9. The van der Waals surface area contributed by atoms with Gasteiger partial charge >= 0.3 is 0 Å². The molecule has 0 unspecified atom stereocenters. The van der Waals surface area contributed by atoms with E-state index in [0.29, 0.717) is 0 Å². The largest absolute Gasteiger partial charge is 0.310 e. The van der Waals surface area contributed by atoms with Crippen LogP contribution in [-0.4, -0.2) is 0 Å². The van der Waals surface area contributed by atoms with Gasteiger partial charge in [0.15, 0.2) is 0 Å². The third-order valence-electron chi connectivity index (χ3n) is 11.7. The van der Waals surface area contributed by atoms with Crippen molar-refractivity contribution in [3.63, 3.8) is 0 Å². The van der Waals surface area contributed by atoms with Crippen LogP contribution in [0.1, 0.15) is 0 Å². The molecule has 0 fully saturated rings. The average molecular weight is 724 g/mol. The summed E-state index contributed by atoms with van der Waals surface area (Å²) in [5.74, 6) is 0. The van der Waals surface area contributed by atoms with Crippen LogP contribution in [-0.2, 0) is 0 Å². The molecule has 0 amide bonds. The molecule has 11 rings (SSSR count). The molecule has 1 heteroatoms. The summed E-state index contributed by atoms with van der Waals surface area (Å²) < 4.78 is 0. The van der Waals surface area contributed by atoms with E-state index in [1.807, 2.05) is 0 Å². The van der Waals surface area contributed by atoms with E-state index in [0.717, 1.165) is 17.1 Å². The Morgan fingerprint density at radius 2 is 0.667 bits per heavy atom. The predicted octanol–water partition coefficient (Wildman–Crippen LogP) is 15.9. The highest BCUT2D eigenvalue weighted by molar-refractivity contribution is 6.20. The van der Waals surface area contributed by atoms with Crippen LogP contribution < -0.4 is 4.90 Å². The molecule has 0 N–H and O–H groups in total. The van der Waals surface area contributed by atoms with Gasteiger partial charge in [-0.15, -0.1) is 0 Å². The Kier molecular flexibility index (Phi) is 7.89. The zero-order chi connectivity index (χ0) is 37.7. The molecule has 0 aromatic heterocycles. The Hall–Kier alpha value is -7.48. The van der Waals surface area contributed by atoms with Crippen LogP contribution in [0.25, 0.3) is 87.2 Å². The van der Waals surface area contributed by atoms with Crippen molar-refractivity contribution in [3.8, 4) is 33.4 Å². The Balaban J connectivity index is 1.08. The van der Waals surface area contributed by atoms with Crippen molar-refractivity contribution in [2.24, 2.45) is 0 Å². The fourth-order valence-electron chi connectivity index (χ4n) is 8.93. The predicted molar refractivity (Wildman–Crippen MR) is 245 cm³/mol. The summed E-state index contributed by atoms with van der Waals surface area (Å²) in [6, 6.07) is 82.0. The van der Waals surface area contributed by atoms with E-state index >= 15 is 0 Å². The molecule has 0 heterocycles. The van der Waals surface area contributed by atoms with Crippen molar-refractivity contribution < 1.29 is 0 Å². The first-order valence-corrected chi connectivity index (χ1v) is 19.7. The van der Waals surface area contributed by atoms with Gasteiger partial charge in [0.1, 0.15) is 0 Å². The van der Waals surface area contributed by atoms with E-state index < -0.39 is 0 Å². The monoisotopic (exact) mass is 723 g/mol. The Morgan fingerprint density at radius 1 is 0.211 bits per heavy atom. The summed E-state index contributed by atoms with van der Waals surface area (Å²) in [5.41, 5.74) is 10.7. The van der Waals surface area contributed by atoms with E-state index in [1.54, 1.807) is 0 Å². The summed E-state index contributed by atoms with van der Waals surface area (Å²) in [6.45, 7) is 0. The van der Waals surface area contributed by atoms with Gasteiger partial charge in [-0.2, -0.15) is 0 Å². The standard InChI is InChI=1S/C56H37N/c1-2-12-38(13-3-1)39-24-29-43(30-25-39)57(44-31-26-42(27-32-44)46-21-10-16-40-14-4-6-17-45(40)46)56-37-36-54(50-19-8-9-20-55(50)56)49-23-11-22-48-52-33-28-41-15-5-7-18-47(41)51(52)34-35-53(48)49/h1-37H. The first-order valence-electron chi connectivity index (χ1n) is 19.7. The Bertz CT molecular complexity index is 3270. The van der Waals surface area contributed by atoms with E-state index in [9.17, 15) is 0 Å². The van der Waals surface area contributed by atoms with Gasteiger partial charge in [-0.25, -0.2) is 0 Å². The van der Waals surface area contributed by atoms with Crippen LogP contribution in [0.4, 0.5) is 17.1 Å². The second-order valence-electron chi connectivity index (χ2n) is 14.8. The smallest absolute Gasteiger partial charge is 0.0540 e. The molecule has 0 aliphatic rings. The van der Waals surface area contributed by atoms with Crippen molar-refractivity contribution in [2.45, 2.75) is 0 Å². The second kappa shape index (κ2) is 13.7. The fourth-order valence-corrected chi connectivity index (χ4v) is 8.93. The molecule has 0 saturated heterocycles. The van der Waals surface area contributed by atoms with Crippen molar-refractivity contribution in [1.82, 2.24) is 0 Å². The number of benzene rings is 11. The molecule has 1 nitrogen and oxygen atoms in total. The zero-order valence-corrected chi connectivity index (χ0v) is 31.3. The molecule has 0 atom stereocenters. The molecule has 266 valence electrons. The number of fused-ring (bicyclic) bond motifs is 7. The SMILES string of the molecule is c1ccc(-c2ccc(N(c3ccc(-c4cccc5ccccc45)cc3)c3ccc(-c4cccc5c4ccc4c6ccccc6ccc54)c4ccccc34)cc2)cc1. The molecule has 0 aliphatic heterocycles. The third-order valence-corrected chi connectivity index (χ3v) is 11.7. The summed E-state index contributed by atoms with van der Waals surface area (Å²) in [4.78, 5) is 2.41. The summed E-state index contributed by atoms with van der Waals surface area (Å²) in [7, 11) is 0. The van der Waals surface area contributed by atoms with E-state index in [1.165, 1.54) is 87.2 Å². The molecule has 0 bridgehead atoms. The normalized spacial score (nSPS) is 11.5. The van der Waals surface area contributed by atoms with Gasteiger partial charge < -0.3 is 4.90 Å². The lowest BCUT2D eigenvalue weighted by Crippen LogP contribution is -2.10. The number of rotatable bonds is 6. The first-order chi connectivity index (χ1) is 28.3. The van der Waals surface area contributed by atoms with Crippen LogP contribution in [0.3, 0.4) is 0 Å². The molecular weight excluding hydrogens is 687 g/mol. The summed E-state index contributed by atoms with van der Waals surface area (Å²) in [6.07, 6.45) is 0. The minimum atomic E-state index is 1.10. The van der Waals surface area contributed by atoms with Crippen molar-refractivity contribution in [3.05, 3.63) is 224 Å². The average Bonchev–Trinajstić information content (AvgIpc) is 3.29. The molecule has 0 radical (unpaired) electrons. The maximum Gasteiger partial charge on any atom is 0.0540 e. The van der Waals surface area contributed by atoms with E-state index in [-0.39, 0.29) is 0 Å². The van der Waals surface area contributed by atoms with Crippen molar-refractivity contribution in [1.29, 1.82) is 0 Å². The van der Waals surface area contributed by atoms with Crippen LogP contribution in [0, 0.1) is 0 Å². The number of anilines is 3. The Morgan fingerprint density at radius 3 is 1.44 bits per heavy atom. The lowest BCUT2D eigenvalue weighted by atomic mass is 9.90. The van der Waals surface area contributed by atoms with E-state index in [4.69, 9.17) is 0 Å². The minimum absolute atomic E-state index is 1.10. The number of nitrogens with zero attached hydrogens (tertiary/aromatic N) is 1. The van der Waals surface area contributed by atoms with Gasteiger partial charge in [0, 0.05) is 16.8 Å². The molecule has 0 spiro atoms. The number of hydrogen-bond donors (Lipinski definition) is 0. The fraction of sp³-hybridized carbons (Fsp3) is 0. The van der Waals surface area contributed by atoms with Gasteiger partial charge in [-0.1, -0.05) is 194 Å². The quantitative estimate of drug-likeness (QED) is 0.154. The lowest BCUT2D eigenvalue weighted by Gasteiger charge is -2.28. The third kappa shape index (κ3) is 5.63. The Labute approximate surface area is 332 Å². The topological polar surface area (TPSA) is 3.24 Å². The van der Waals surface area contributed by atoms with Crippen LogP contribution in [0.5, 0.6) is 0 Å². The highest BCUT2D eigenvalue weighted by Gasteiger charge is 2.19. The van der Waals surface area contributed by atoms with Gasteiger partial charge in [0.05, 0.1) is 5.69 Å². The van der Waals surface area contributed by atoms with Crippen molar-refractivity contribution in [2.75, 3.05) is 4.90 Å². The minimum Gasteiger partial charge on any atom is -0.310 e. The second-order valence-corrected chi connectivity index (χ2v) is 14.8. The summed E-state index contributed by atoms with van der Waals surface area (Å²) in [5, 5.41) is 12.6. The maximum atomic E-state index is 2.41. The lowest BCUT2D eigenvalue weighted by molar-refractivity contribution is 1.30. The molecule has 0 aliphatic carbocycles. The van der Waals surface area contributed by atoms with Crippen LogP contribution in [0.15, 0.2) is 224 Å². The highest BCUT2D eigenvalue weighted by Crippen LogP contribution is 2.45. The van der Waals surface area contributed by atoms with Gasteiger partial charge in [-0.05, 0) is 112 Å². The molecular formula is C56H37N. The zero-order valence-electron chi connectivity index (χ0n) is 31.3. The number of hydrogen-bond acceptors (Lipinski definition) is 1. The summed E-state index contributed by atoms with van der Waals surface area (Å²) >= 11 is 0. The van der Waals surface area contributed by atoms with Crippen LogP contribution >= 0.6 is 0 Å². The van der Waals surface area contributed by atoms with E-state index in [2.05, 4.69) is 229 Å². The molecule has 11 aromatic carbocycles. The van der Waals surface area contributed by atoms with Crippen molar-refractivity contribution >= 4 is 70.9 Å². The molecule has 11 aromatic rings. The van der Waals surface area contributed by atoms with Gasteiger partial charge in [0.25, 0.3) is 0 Å². The highest BCUT2D eigenvalue weighted by atomic mass is 15.1. The van der Waals surface area contributed by atoms with Gasteiger partial charge in [-0.3, -0.25) is 0 Å². The van der Waals surface area contributed by atoms with Gasteiger partial charge in [0.2, 0.25) is 0 Å². The molecule has 0 saturated carbocycles.